The molecule has 0 fully saturated rings. The molecule has 0 radical (unpaired) electrons. The van der Waals surface area contributed by atoms with E-state index in [1.54, 1.807) is 6.07 Å². The van der Waals surface area contributed by atoms with E-state index in [2.05, 4.69) is 12.3 Å². The summed E-state index contributed by atoms with van der Waals surface area (Å²) in [6.07, 6.45) is 0.961. The van der Waals surface area contributed by atoms with Crippen LogP contribution in [0.2, 0.25) is 10.0 Å². The Morgan fingerprint density at radius 1 is 1.19 bits per heavy atom. The Bertz CT molecular complexity index is 605. The quantitative estimate of drug-likeness (QED) is 0.614. The van der Waals surface area contributed by atoms with Crippen LogP contribution >= 0.6 is 23.2 Å². The van der Waals surface area contributed by atoms with Crippen LogP contribution < -0.4 is 16.0 Å². The SMILES string of the molecule is CCCOc1cccc(C(NN)c2cccc(Cl)c2Cl)c1. The molecule has 21 heavy (non-hydrogen) atoms. The number of halogens is 2. The monoisotopic (exact) mass is 324 g/mol. The molecule has 0 bridgehead atoms. The predicted octanol–water partition coefficient (Wildman–Crippen LogP) is 4.33. The van der Waals surface area contributed by atoms with Crippen LogP contribution in [0, 0.1) is 0 Å². The maximum absolute atomic E-state index is 6.28. The van der Waals surface area contributed by atoms with E-state index in [9.17, 15) is 0 Å². The Labute approximate surface area is 135 Å². The summed E-state index contributed by atoms with van der Waals surface area (Å²) >= 11 is 12.4. The first-order valence-electron chi connectivity index (χ1n) is 6.80. The van der Waals surface area contributed by atoms with Crippen molar-refractivity contribution in [1.82, 2.24) is 5.43 Å². The molecule has 1 atom stereocenters. The first kappa shape index (κ1) is 16.1. The van der Waals surface area contributed by atoms with E-state index in [0.717, 1.165) is 23.3 Å². The third kappa shape index (κ3) is 3.89. The highest BCUT2D eigenvalue weighted by Crippen LogP contribution is 2.33. The molecule has 0 spiro atoms. The molecule has 0 aliphatic rings. The van der Waals surface area contributed by atoms with E-state index in [1.807, 2.05) is 36.4 Å². The summed E-state index contributed by atoms with van der Waals surface area (Å²) in [4.78, 5) is 0. The lowest BCUT2D eigenvalue weighted by atomic mass is 9.99. The third-order valence-corrected chi connectivity index (χ3v) is 3.96. The molecule has 112 valence electrons. The van der Waals surface area contributed by atoms with Crippen LogP contribution in [0.5, 0.6) is 5.75 Å². The topological polar surface area (TPSA) is 47.3 Å². The van der Waals surface area contributed by atoms with Gasteiger partial charge in [0.1, 0.15) is 5.75 Å². The predicted molar refractivity (Wildman–Crippen MR) is 87.9 cm³/mol. The van der Waals surface area contributed by atoms with Gasteiger partial charge in [-0.3, -0.25) is 5.84 Å². The summed E-state index contributed by atoms with van der Waals surface area (Å²) in [5, 5.41) is 1.01. The van der Waals surface area contributed by atoms with Gasteiger partial charge in [0.05, 0.1) is 22.7 Å². The maximum Gasteiger partial charge on any atom is 0.119 e. The number of hydrogen-bond acceptors (Lipinski definition) is 3. The van der Waals surface area contributed by atoms with Crippen LogP contribution in [0.25, 0.3) is 0 Å². The van der Waals surface area contributed by atoms with E-state index in [1.165, 1.54) is 0 Å². The normalized spacial score (nSPS) is 12.2. The molecule has 1 unspecified atom stereocenters. The van der Waals surface area contributed by atoms with Crippen molar-refractivity contribution in [3.05, 3.63) is 63.6 Å². The fourth-order valence-corrected chi connectivity index (χ4v) is 2.53. The van der Waals surface area contributed by atoms with Gasteiger partial charge in [-0.25, -0.2) is 5.43 Å². The second kappa shape index (κ2) is 7.66. The van der Waals surface area contributed by atoms with Gasteiger partial charge in [0.15, 0.2) is 0 Å². The molecular weight excluding hydrogens is 307 g/mol. The minimum absolute atomic E-state index is 0.249. The van der Waals surface area contributed by atoms with E-state index in [-0.39, 0.29) is 6.04 Å². The molecule has 0 saturated carbocycles. The number of rotatable bonds is 6. The summed E-state index contributed by atoms with van der Waals surface area (Å²) in [5.41, 5.74) is 4.59. The second-order valence-electron chi connectivity index (χ2n) is 4.66. The average Bonchev–Trinajstić information content (AvgIpc) is 2.50. The van der Waals surface area contributed by atoms with Crippen molar-refractivity contribution < 1.29 is 4.74 Å². The molecule has 2 aromatic rings. The molecule has 0 amide bonds. The number of hydrazine groups is 1. The zero-order valence-electron chi connectivity index (χ0n) is 11.8. The number of hydrogen-bond donors (Lipinski definition) is 2. The highest BCUT2D eigenvalue weighted by atomic mass is 35.5. The van der Waals surface area contributed by atoms with Crippen molar-refractivity contribution in [2.24, 2.45) is 5.84 Å². The number of nitrogens with two attached hydrogens (primary N) is 1. The fraction of sp³-hybridized carbons (Fsp3) is 0.250. The summed E-state index contributed by atoms with van der Waals surface area (Å²) in [6.45, 7) is 2.75. The Hall–Kier alpha value is -1.26. The fourth-order valence-electron chi connectivity index (χ4n) is 2.11. The van der Waals surface area contributed by atoms with Crippen molar-refractivity contribution in [2.45, 2.75) is 19.4 Å². The van der Waals surface area contributed by atoms with Gasteiger partial charge < -0.3 is 4.74 Å². The zero-order valence-corrected chi connectivity index (χ0v) is 13.3. The lowest BCUT2D eigenvalue weighted by Gasteiger charge is -2.19. The molecule has 5 heteroatoms. The number of benzene rings is 2. The molecule has 0 heterocycles. The Morgan fingerprint density at radius 3 is 2.67 bits per heavy atom. The van der Waals surface area contributed by atoms with E-state index < -0.39 is 0 Å². The molecule has 3 N–H and O–H groups in total. The van der Waals surface area contributed by atoms with E-state index >= 15 is 0 Å². The van der Waals surface area contributed by atoms with Crippen molar-refractivity contribution in [3.63, 3.8) is 0 Å². The first-order valence-corrected chi connectivity index (χ1v) is 7.55. The molecule has 0 saturated heterocycles. The molecule has 0 aromatic heterocycles. The smallest absolute Gasteiger partial charge is 0.119 e. The van der Waals surface area contributed by atoms with Crippen LogP contribution in [-0.4, -0.2) is 6.61 Å². The molecule has 2 rings (SSSR count). The highest BCUT2D eigenvalue weighted by molar-refractivity contribution is 6.42. The minimum Gasteiger partial charge on any atom is -0.494 e. The highest BCUT2D eigenvalue weighted by Gasteiger charge is 2.17. The summed E-state index contributed by atoms with van der Waals surface area (Å²) in [5.74, 6) is 6.53. The van der Waals surface area contributed by atoms with Crippen LogP contribution in [-0.2, 0) is 0 Å². The number of ether oxygens (including phenoxy) is 1. The van der Waals surface area contributed by atoms with Crippen LogP contribution in [0.4, 0.5) is 0 Å². The van der Waals surface area contributed by atoms with Crippen molar-refractivity contribution >= 4 is 23.2 Å². The molecular formula is C16H18Cl2N2O. The van der Waals surface area contributed by atoms with Gasteiger partial charge in [-0.1, -0.05) is 54.4 Å². The van der Waals surface area contributed by atoms with Gasteiger partial charge in [-0.15, -0.1) is 0 Å². The molecule has 3 nitrogen and oxygen atoms in total. The standard InChI is InChI=1S/C16H18Cl2N2O/c1-2-9-21-12-6-3-5-11(10-12)16(20-19)13-7-4-8-14(17)15(13)18/h3-8,10,16,20H,2,9,19H2,1H3. The summed E-state index contributed by atoms with van der Waals surface area (Å²) in [6, 6.07) is 13.0. The average molecular weight is 325 g/mol. The van der Waals surface area contributed by atoms with Crippen LogP contribution in [0.1, 0.15) is 30.5 Å². The van der Waals surface area contributed by atoms with Gasteiger partial charge in [0.25, 0.3) is 0 Å². The molecule has 2 aromatic carbocycles. The number of nitrogens with one attached hydrogen (secondary N) is 1. The molecule has 0 aliphatic heterocycles. The minimum atomic E-state index is -0.249. The Kier molecular flexibility index (Phi) is 5.88. The zero-order chi connectivity index (χ0) is 15.2. The largest absolute Gasteiger partial charge is 0.494 e. The molecule has 0 aliphatic carbocycles. The van der Waals surface area contributed by atoms with Crippen LogP contribution in [0.15, 0.2) is 42.5 Å². The van der Waals surface area contributed by atoms with E-state index in [4.69, 9.17) is 33.8 Å². The van der Waals surface area contributed by atoms with Crippen molar-refractivity contribution in [1.29, 1.82) is 0 Å². The lowest BCUT2D eigenvalue weighted by molar-refractivity contribution is 0.317. The van der Waals surface area contributed by atoms with Crippen molar-refractivity contribution in [2.75, 3.05) is 6.61 Å². The first-order chi connectivity index (χ1) is 10.2. The van der Waals surface area contributed by atoms with Gasteiger partial charge in [0, 0.05) is 0 Å². The van der Waals surface area contributed by atoms with Crippen LogP contribution in [0.3, 0.4) is 0 Å². The van der Waals surface area contributed by atoms with Gasteiger partial charge in [-0.05, 0) is 35.7 Å². The Morgan fingerprint density at radius 2 is 1.95 bits per heavy atom. The van der Waals surface area contributed by atoms with Gasteiger partial charge in [-0.2, -0.15) is 0 Å². The summed E-state index contributed by atoms with van der Waals surface area (Å²) in [7, 11) is 0. The Balaban J connectivity index is 2.35. The van der Waals surface area contributed by atoms with Gasteiger partial charge in [0.2, 0.25) is 0 Å². The van der Waals surface area contributed by atoms with E-state index in [0.29, 0.717) is 16.7 Å². The van der Waals surface area contributed by atoms with Crippen molar-refractivity contribution in [3.8, 4) is 5.75 Å². The third-order valence-electron chi connectivity index (χ3n) is 3.12. The second-order valence-corrected chi connectivity index (χ2v) is 5.45. The summed E-state index contributed by atoms with van der Waals surface area (Å²) < 4.78 is 5.65. The van der Waals surface area contributed by atoms with Gasteiger partial charge >= 0.3 is 0 Å². The lowest BCUT2D eigenvalue weighted by Crippen LogP contribution is -2.29. The maximum atomic E-state index is 6.28.